The highest BCUT2D eigenvalue weighted by Crippen LogP contribution is 2.15. The molecule has 0 aliphatic carbocycles. The summed E-state index contributed by atoms with van der Waals surface area (Å²) in [4.78, 5) is 14.5. The molecule has 1 heterocycles. The first-order valence-electron chi connectivity index (χ1n) is 6.03. The van der Waals surface area contributed by atoms with Gasteiger partial charge in [0.2, 0.25) is 0 Å². The van der Waals surface area contributed by atoms with Gasteiger partial charge in [-0.1, -0.05) is 6.07 Å². The predicted octanol–water partition coefficient (Wildman–Crippen LogP) is 2.57. The van der Waals surface area contributed by atoms with Gasteiger partial charge in [0.15, 0.2) is 0 Å². The van der Waals surface area contributed by atoms with Gasteiger partial charge in [-0.05, 0) is 42.3 Å². The van der Waals surface area contributed by atoms with Crippen LogP contribution in [0.3, 0.4) is 0 Å². The molecule has 1 aromatic carbocycles. The molecule has 0 amide bonds. The lowest BCUT2D eigenvalue weighted by Gasteiger charge is -2.08. The van der Waals surface area contributed by atoms with Crippen LogP contribution in [0.25, 0.3) is 0 Å². The summed E-state index contributed by atoms with van der Waals surface area (Å²) in [6, 6.07) is 10.8. The van der Waals surface area contributed by atoms with E-state index in [1.807, 2.05) is 19.1 Å². The van der Waals surface area contributed by atoms with Gasteiger partial charge in [0.05, 0.1) is 11.6 Å². The third kappa shape index (κ3) is 3.12. The fourth-order valence-corrected chi connectivity index (χ4v) is 1.76. The summed E-state index contributed by atoms with van der Waals surface area (Å²) < 4.78 is 0. The average molecular weight is 267 g/mol. The zero-order valence-electron chi connectivity index (χ0n) is 10.9. The Morgan fingerprint density at radius 3 is 2.75 bits per heavy atom. The van der Waals surface area contributed by atoms with E-state index >= 15 is 0 Å². The summed E-state index contributed by atoms with van der Waals surface area (Å²) in [7, 11) is 0. The summed E-state index contributed by atoms with van der Waals surface area (Å²) in [5.41, 5.74) is 3.39. The van der Waals surface area contributed by atoms with Crippen molar-refractivity contribution < 1.29 is 9.90 Å². The number of aromatic nitrogens is 1. The van der Waals surface area contributed by atoms with Gasteiger partial charge in [-0.15, -0.1) is 0 Å². The van der Waals surface area contributed by atoms with E-state index in [1.165, 1.54) is 12.3 Å². The molecule has 0 saturated carbocycles. The number of benzene rings is 1. The molecule has 100 valence electrons. The highest BCUT2D eigenvalue weighted by molar-refractivity contribution is 5.85. The fourth-order valence-electron chi connectivity index (χ4n) is 1.76. The van der Waals surface area contributed by atoms with Crippen molar-refractivity contribution in [1.82, 2.24) is 4.98 Å². The van der Waals surface area contributed by atoms with Crippen LogP contribution >= 0.6 is 0 Å². The standard InChI is InChI=1S/C15H13N3O2/c1-10-6-13(4-3-12(10)7-16)17-8-11-2-5-14(15(19)20)18-9-11/h2-6,9,17H,8H2,1H3,(H,19,20). The predicted molar refractivity (Wildman–Crippen MR) is 74.4 cm³/mol. The number of nitriles is 1. The van der Waals surface area contributed by atoms with Crippen molar-refractivity contribution in [2.45, 2.75) is 13.5 Å². The molecule has 20 heavy (non-hydrogen) atoms. The van der Waals surface area contributed by atoms with E-state index in [4.69, 9.17) is 10.4 Å². The van der Waals surface area contributed by atoms with E-state index in [0.29, 0.717) is 12.1 Å². The van der Waals surface area contributed by atoms with Crippen LogP contribution in [0, 0.1) is 18.3 Å². The van der Waals surface area contributed by atoms with Crippen LogP contribution in [0.1, 0.15) is 27.2 Å². The number of anilines is 1. The third-order valence-electron chi connectivity index (χ3n) is 2.89. The molecule has 1 aromatic heterocycles. The Hall–Kier alpha value is -2.87. The van der Waals surface area contributed by atoms with Crippen LogP contribution < -0.4 is 5.32 Å². The van der Waals surface area contributed by atoms with Crippen molar-refractivity contribution in [3.8, 4) is 6.07 Å². The normalized spacial score (nSPS) is 9.80. The zero-order chi connectivity index (χ0) is 14.5. The first kappa shape index (κ1) is 13.6. The van der Waals surface area contributed by atoms with Crippen molar-refractivity contribution in [2.75, 3.05) is 5.32 Å². The summed E-state index contributed by atoms with van der Waals surface area (Å²) >= 11 is 0. The lowest BCUT2D eigenvalue weighted by atomic mass is 10.1. The van der Waals surface area contributed by atoms with Gasteiger partial charge in [-0.3, -0.25) is 0 Å². The Morgan fingerprint density at radius 1 is 1.40 bits per heavy atom. The molecule has 0 atom stereocenters. The third-order valence-corrected chi connectivity index (χ3v) is 2.89. The van der Waals surface area contributed by atoms with E-state index < -0.39 is 5.97 Å². The number of carbonyl (C=O) groups is 1. The molecular formula is C15H13N3O2. The van der Waals surface area contributed by atoms with Crippen LogP contribution in [0.5, 0.6) is 0 Å². The average Bonchev–Trinajstić information content (AvgIpc) is 2.45. The first-order valence-corrected chi connectivity index (χ1v) is 6.03. The van der Waals surface area contributed by atoms with E-state index in [2.05, 4.69) is 16.4 Å². The van der Waals surface area contributed by atoms with Crippen molar-refractivity contribution in [3.63, 3.8) is 0 Å². The second-order valence-electron chi connectivity index (χ2n) is 4.35. The highest BCUT2D eigenvalue weighted by Gasteiger charge is 2.04. The second-order valence-corrected chi connectivity index (χ2v) is 4.35. The number of rotatable bonds is 4. The fraction of sp³-hybridized carbons (Fsp3) is 0.133. The Bertz CT molecular complexity index is 673. The zero-order valence-corrected chi connectivity index (χ0v) is 10.9. The minimum absolute atomic E-state index is 0.0305. The van der Waals surface area contributed by atoms with Gasteiger partial charge in [0.1, 0.15) is 5.69 Å². The van der Waals surface area contributed by atoms with Crippen LogP contribution in [0.2, 0.25) is 0 Å². The van der Waals surface area contributed by atoms with Gasteiger partial charge in [0, 0.05) is 18.4 Å². The molecule has 0 aliphatic rings. The maximum absolute atomic E-state index is 10.7. The van der Waals surface area contributed by atoms with Crippen molar-refractivity contribution in [2.24, 2.45) is 0 Å². The molecule has 2 rings (SSSR count). The molecule has 2 N–H and O–H groups in total. The first-order chi connectivity index (χ1) is 9.60. The van der Waals surface area contributed by atoms with Crippen LogP contribution in [0.4, 0.5) is 5.69 Å². The van der Waals surface area contributed by atoms with Crippen molar-refractivity contribution >= 4 is 11.7 Å². The number of hydrogen-bond donors (Lipinski definition) is 2. The van der Waals surface area contributed by atoms with Crippen LogP contribution in [-0.4, -0.2) is 16.1 Å². The summed E-state index contributed by atoms with van der Waals surface area (Å²) in [6.45, 7) is 2.42. The Balaban J connectivity index is 2.03. The molecule has 0 spiro atoms. The minimum atomic E-state index is -1.03. The van der Waals surface area contributed by atoms with Gasteiger partial charge in [0.25, 0.3) is 0 Å². The largest absolute Gasteiger partial charge is 0.477 e. The lowest BCUT2D eigenvalue weighted by Crippen LogP contribution is -2.03. The van der Waals surface area contributed by atoms with Crippen LogP contribution in [0.15, 0.2) is 36.5 Å². The number of nitrogens with zero attached hydrogens (tertiary/aromatic N) is 2. The Morgan fingerprint density at radius 2 is 2.20 bits per heavy atom. The molecule has 0 saturated heterocycles. The van der Waals surface area contributed by atoms with Crippen molar-refractivity contribution in [1.29, 1.82) is 5.26 Å². The summed E-state index contributed by atoms with van der Waals surface area (Å²) in [5.74, 6) is -1.03. The maximum atomic E-state index is 10.7. The second kappa shape index (κ2) is 5.85. The topological polar surface area (TPSA) is 86.0 Å². The molecule has 5 heteroatoms. The van der Waals surface area contributed by atoms with E-state index in [-0.39, 0.29) is 5.69 Å². The minimum Gasteiger partial charge on any atom is -0.477 e. The number of aryl methyl sites for hydroxylation is 1. The Kier molecular flexibility index (Phi) is 3.96. The van der Waals surface area contributed by atoms with Gasteiger partial charge >= 0.3 is 5.97 Å². The van der Waals surface area contributed by atoms with Crippen molar-refractivity contribution in [3.05, 3.63) is 58.9 Å². The molecule has 0 bridgehead atoms. The molecule has 0 unspecified atom stereocenters. The van der Waals surface area contributed by atoms with Crippen LogP contribution in [-0.2, 0) is 6.54 Å². The van der Waals surface area contributed by atoms with Gasteiger partial charge < -0.3 is 10.4 Å². The molecule has 0 radical (unpaired) electrons. The molecule has 5 nitrogen and oxygen atoms in total. The maximum Gasteiger partial charge on any atom is 0.354 e. The summed E-state index contributed by atoms with van der Waals surface area (Å²) in [5, 5.41) is 20.8. The van der Waals surface area contributed by atoms with E-state index in [1.54, 1.807) is 12.1 Å². The van der Waals surface area contributed by atoms with Gasteiger partial charge in [-0.2, -0.15) is 5.26 Å². The number of hydrogen-bond acceptors (Lipinski definition) is 4. The Labute approximate surface area is 116 Å². The molecule has 2 aromatic rings. The SMILES string of the molecule is Cc1cc(NCc2ccc(C(=O)O)nc2)ccc1C#N. The number of carboxylic acid groups (broad SMARTS) is 1. The highest BCUT2D eigenvalue weighted by atomic mass is 16.4. The van der Waals surface area contributed by atoms with Gasteiger partial charge in [-0.25, -0.2) is 9.78 Å². The summed E-state index contributed by atoms with van der Waals surface area (Å²) in [6.07, 6.45) is 1.53. The monoisotopic (exact) mass is 267 g/mol. The molecular weight excluding hydrogens is 254 g/mol. The number of aromatic carboxylic acids is 1. The van der Waals surface area contributed by atoms with E-state index in [9.17, 15) is 4.79 Å². The quantitative estimate of drug-likeness (QED) is 0.889. The van der Waals surface area contributed by atoms with E-state index in [0.717, 1.165) is 16.8 Å². The smallest absolute Gasteiger partial charge is 0.354 e. The number of nitrogens with one attached hydrogen (secondary N) is 1. The lowest BCUT2D eigenvalue weighted by molar-refractivity contribution is 0.0690. The molecule has 0 aliphatic heterocycles. The number of pyridine rings is 1. The molecule has 0 fully saturated rings. The number of carboxylic acids is 1.